The number of halogens is 1. The number of Topliss-reactive ketones (excluding diaryl/α,β-unsaturated/α-hetero) is 1. The second-order valence-electron chi connectivity index (χ2n) is 9.18. The number of esters is 1. The number of hydrogen-bond acceptors (Lipinski definition) is 9. The largest absolute Gasteiger partial charge is 0.493 e. The highest BCUT2D eigenvalue weighted by Crippen LogP contribution is 2.51. The van der Waals surface area contributed by atoms with Crippen LogP contribution in [-0.4, -0.2) is 57.7 Å². The van der Waals surface area contributed by atoms with E-state index in [0.717, 1.165) is 5.70 Å². The highest BCUT2D eigenvalue weighted by Gasteiger charge is 2.44. The maximum Gasteiger partial charge on any atom is 0.343 e. The van der Waals surface area contributed by atoms with E-state index >= 15 is 0 Å². The van der Waals surface area contributed by atoms with Crippen molar-refractivity contribution in [2.24, 2.45) is 11.1 Å². The van der Waals surface area contributed by atoms with Crippen molar-refractivity contribution < 1.29 is 28.5 Å². The molecule has 0 radical (unpaired) electrons. The zero-order valence-electron chi connectivity index (χ0n) is 20.6. The molecule has 1 aliphatic heterocycles. The number of nitrogens with two attached hydrogens (primary N) is 1. The molecule has 3 rings (SSSR count). The molecule has 0 unspecified atom stereocenters. The number of carbonyl (C=O) groups excluding carboxylic acids is 2. The van der Waals surface area contributed by atoms with Gasteiger partial charge < -0.3 is 29.6 Å². The molecule has 188 valence electrons. The molecule has 0 bridgehead atoms. The number of methoxy groups -OCH3 is 3. The minimum Gasteiger partial charge on any atom is -0.493 e. The fourth-order valence-corrected chi connectivity index (χ4v) is 5.12. The first-order valence-corrected chi connectivity index (χ1v) is 11.9. The van der Waals surface area contributed by atoms with Crippen LogP contribution in [0.5, 0.6) is 11.5 Å². The van der Waals surface area contributed by atoms with Gasteiger partial charge in [0.2, 0.25) is 0 Å². The molecule has 35 heavy (non-hydrogen) atoms. The van der Waals surface area contributed by atoms with E-state index in [1.165, 1.54) is 14.2 Å². The van der Waals surface area contributed by atoms with Gasteiger partial charge in [0.05, 0.1) is 38.4 Å². The van der Waals surface area contributed by atoms with Gasteiger partial charge in [-0.05, 0) is 29.5 Å². The molecule has 1 aromatic rings. The van der Waals surface area contributed by atoms with Crippen molar-refractivity contribution in [3.05, 3.63) is 44.8 Å². The molecule has 0 amide bonds. The van der Waals surface area contributed by atoms with Gasteiger partial charge in [0, 0.05) is 35.8 Å². The van der Waals surface area contributed by atoms with Crippen LogP contribution < -0.4 is 15.2 Å². The van der Waals surface area contributed by atoms with Crippen molar-refractivity contribution in [3.8, 4) is 17.6 Å². The van der Waals surface area contributed by atoms with Gasteiger partial charge in [0.1, 0.15) is 5.82 Å². The van der Waals surface area contributed by atoms with E-state index in [1.807, 2.05) is 18.7 Å². The van der Waals surface area contributed by atoms with Crippen LogP contribution in [0.25, 0.3) is 0 Å². The quantitative estimate of drug-likeness (QED) is 0.487. The lowest BCUT2D eigenvalue weighted by Crippen LogP contribution is -2.43. The maximum absolute atomic E-state index is 13.5. The van der Waals surface area contributed by atoms with E-state index in [-0.39, 0.29) is 23.4 Å². The third-order valence-electron chi connectivity index (χ3n) is 6.17. The second-order valence-corrected chi connectivity index (χ2v) is 10.0. The standard InChI is InChI=1S/C25H30BrN3O6/c1-25(2)10-17-23(18(30)11-25)22(15(12-27)24(28)29(17)6-7-32-3)14-8-19(33-4)20(9-16(14)26)35-13-21(31)34-5/h8-9,22H,6-7,10-11,13,28H2,1-5H3/t22-/m0/s1. The number of benzene rings is 1. The smallest absolute Gasteiger partial charge is 0.343 e. The molecule has 2 aliphatic rings. The van der Waals surface area contributed by atoms with E-state index in [1.54, 1.807) is 19.2 Å². The average Bonchev–Trinajstić information content (AvgIpc) is 2.80. The molecule has 1 heterocycles. The predicted molar refractivity (Wildman–Crippen MR) is 131 cm³/mol. The minimum absolute atomic E-state index is 0.0270. The van der Waals surface area contributed by atoms with Crippen molar-refractivity contribution in [3.63, 3.8) is 0 Å². The fraction of sp³-hybridized carbons (Fsp3) is 0.480. The zero-order chi connectivity index (χ0) is 25.9. The monoisotopic (exact) mass is 547 g/mol. The lowest BCUT2D eigenvalue weighted by molar-refractivity contribution is -0.142. The molecule has 10 heteroatoms. The Hall–Kier alpha value is -3.03. The SMILES string of the molecule is COCCN1C(N)=C(C#N)[C@H](c2cc(OC)c(OCC(=O)OC)cc2Br)C2=C1CC(C)(C)CC2=O. The Kier molecular flexibility index (Phi) is 8.13. The van der Waals surface area contributed by atoms with Crippen LogP contribution in [0.2, 0.25) is 0 Å². The van der Waals surface area contributed by atoms with Crippen LogP contribution in [0.1, 0.15) is 38.2 Å². The lowest BCUT2D eigenvalue weighted by Gasteiger charge is -2.44. The van der Waals surface area contributed by atoms with E-state index < -0.39 is 11.9 Å². The first-order chi connectivity index (χ1) is 16.6. The van der Waals surface area contributed by atoms with Crippen LogP contribution in [-0.2, 0) is 19.1 Å². The van der Waals surface area contributed by atoms with Crippen LogP contribution in [0.15, 0.2) is 39.3 Å². The highest BCUT2D eigenvalue weighted by atomic mass is 79.9. The highest BCUT2D eigenvalue weighted by molar-refractivity contribution is 9.10. The van der Waals surface area contributed by atoms with Gasteiger partial charge in [-0.25, -0.2) is 4.79 Å². The Morgan fingerprint density at radius 2 is 1.97 bits per heavy atom. The maximum atomic E-state index is 13.5. The molecule has 1 aromatic carbocycles. The van der Waals surface area contributed by atoms with Crippen molar-refractivity contribution in [2.75, 3.05) is 41.1 Å². The lowest BCUT2D eigenvalue weighted by atomic mass is 9.68. The Morgan fingerprint density at radius 3 is 2.57 bits per heavy atom. The van der Waals surface area contributed by atoms with Crippen LogP contribution >= 0.6 is 15.9 Å². The summed E-state index contributed by atoms with van der Waals surface area (Å²) in [6, 6.07) is 5.59. The number of carbonyl (C=O) groups is 2. The molecule has 2 N–H and O–H groups in total. The minimum atomic E-state index is -0.685. The number of ether oxygens (including phenoxy) is 4. The van der Waals surface area contributed by atoms with Crippen LogP contribution in [0, 0.1) is 16.7 Å². The summed E-state index contributed by atoms with van der Waals surface area (Å²) < 4.78 is 21.5. The second kappa shape index (κ2) is 10.7. The number of rotatable bonds is 8. The summed E-state index contributed by atoms with van der Waals surface area (Å²) >= 11 is 3.57. The van der Waals surface area contributed by atoms with Crippen molar-refractivity contribution in [2.45, 2.75) is 32.6 Å². The Balaban J connectivity index is 2.19. The van der Waals surface area contributed by atoms with E-state index in [2.05, 4.69) is 26.7 Å². The number of nitriles is 1. The molecule has 1 atom stereocenters. The molecule has 0 saturated heterocycles. The van der Waals surface area contributed by atoms with Gasteiger partial charge in [-0.2, -0.15) is 5.26 Å². The van der Waals surface area contributed by atoms with Crippen LogP contribution in [0.4, 0.5) is 0 Å². The summed E-state index contributed by atoms with van der Waals surface area (Å²) in [5.74, 6) is -0.294. The van der Waals surface area contributed by atoms with Gasteiger partial charge in [0.25, 0.3) is 0 Å². The first-order valence-electron chi connectivity index (χ1n) is 11.1. The molecule has 1 aliphatic carbocycles. The molecule has 0 saturated carbocycles. The molecule has 0 spiro atoms. The Bertz CT molecular complexity index is 1130. The Morgan fingerprint density at radius 1 is 1.26 bits per heavy atom. The number of allylic oxidation sites excluding steroid dienone is 3. The third-order valence-corrected chi connectivity index (χ3v) is 6.86. The van der Waals surface area contributed by atoms with E-state index in [9.17, 15) is 14.9 Å². The fourth-order valence-electron chi connectivity index (χ4n) is 4.56. The van der Waals surface area contributed by atoms with Gasteiger partial charge in [-0.3, -0.25) is 4.79 Å². The average molecular weight is 548 g/mol. The van der Waals surface area contributed by atoms with E-state index in [0.29, 0.717) is 58.9 Å². The van der Waals surface area contributed by atoms with Gasteiger partial charge in [-0.1, -0.05) is 29.8 Å². The summed E-state index contributed by atoms with van der Waals surface area (Å²) in [6.07, 6.45) is 0.983. The summed E-state index contributed by atoms with van der Waals surface area (Å²) in [6.45, 7) is 4.61. The molecular formula is C25H30BrN3O6. The zero-order valence-corrected chi connectivity index (χ0v) is 22.2. The van der Waals surface area contributed by atoms with Gasteiger partial charge >= 0.3 is 5.97 Å². The van der Waals surface area contributed by atoms with Crippen molar-refractivity contribution >= 4 is 27.7 Å². The first kappa shape index (κ1) is 26.6. The normalized spacial score (nSPS) is 19.3. The Labute approximate surface area is 213 Å². The topological polar surface area (TPSA) is 124 Å². The van der Waals surface area contributed by atoms with E-state index in [4.69, 9.17) is 19.9 Å². The summed E-state index contributed by atoms with van der Waals surface area (Å²) in [5, 5.41) is 10.2. The molecule has 0 fully saturated rings. The molecule has 0 aromatic heterocycles. The third kappa shape index (κ3) is 5.31. The summed E-state index contributed by atoms with van der Waals surface area (Å²) in [5.41, 5.74) is 8.57. The molecular weight excluding hydrogens is 518 g/mol. The number of ketones is 1. The number of nitrogens with zero attached hydrogens (tertiary/aromatic N) is 2. The van der Waals surface area contributed by atoms with Crippen LogP contribution in [0.3, 0.4) is 0 Å². The van der Waals surface area contributed by atoms with Gasteiger partial charge in [0.15, 0.2) is 23.9 Å². The summed E-state index contributed by atoms with van der Waals surface area (Å²) in [7, 11) is 4.34. The van der Waals surface area contributed by atoms with Crippen molar-refractivity contribution in [1.29, 1.82) is 5.26 Å². The molecule has 9 nitrogen and oxygen atoms in total. The predicted octanol–water partition coefficient (Wildman–Crippen LogP) is 3.39. The summed E-state index contributed by atoms with van der Waals surface area (Å²) in [4.78, 5) is 26.9. The van der Waals surface area contributed by atoms with Gasteiger partial charge in [-0.15, -0.1) is 0 Å². The number of hydrogen-bond donors (Lipinski definition) is 1. The van der Waals surface area contributed by atoms with Crippen molar-refractivity contribution in [1.82, 2.24) is 4.90 Å².